The second-order valence-electron chi connectivity index (χ2n) is 5.63. The predicted molar refractivity (Wildman–Crippen MR) is 79.1 cm³/mol. The average molecular weight is 393 g/mol. The Morgan fingerprint density at radius 3 is 2.48 bits per heavy atom. The van der Waals surface area contributed by atoms with Crippen molar-refractivity contribution >= 4 is 17.7 Å². The molecule has 0 aromatic heterocycles. The van der Waals surface area contributed by atoms with Gasteiger partial charge >= 0.3 is 24.8 Å². The van der Waals surface area contributed by atoms with Crippen LogP contribution in [-0.4, -0.2) is 47.9 Å². The molecule has 0 aliphatic carbocycles. The van der Waals surface area contributed by atoms with E-state index in [1.807, 2.05) is 0 Å². The van der Waals surface area contributed by atoms with Crippen molar-refractivity contribution in [3.05, 3.63) is 23.8 Å². The van der Waals surface area contributed by atoms with E-state index in [0.717, 1.165) is 18.2 Å². The molecule has 2 atom stereocenters. The van der Waals surface area contributed by atoms with E-state index in [9.17, 15) is 31.5 Å². The topological polar surface area (TPSA) is 103 Å². The maximum absolute atomic E-state index is 13.0. The molecule has 1 aliphatic heterocycles. The number of nitrogens with zero attached hydrogens (tertiary/aromatic N) is 2. The maximum atomic E-state index is 13.0. The number of carboxylic acids is 1. The molecule has 1 saturated heterocycles. The van der Waals surface area contributed by atoms with Crippen LogP contribution in [0.15, 0.2) is 18.2 Å². The number of aliphatic carboxylic acids is 1. The lowest BCUT2D eigenvalue weighted by Gasteiger charge is -2.19. The number of likely N-dealkylation sites (tertiary alicyclic amines) is 1. The highest BCUT2D eigenvalue weighted by Gasteiger charge is 2.53. The number of carbonyl (C=O) groups is 2. The summed E-state index contributed by atoms with van der Waals surface area (Å²) < 4.78 is 68.0. The van der Waals surface area contributed by atoms with Gasteiger partial charge in [-0.15, -0.1) is 0 Å². The fourth-order valence-electron chi connectivity index (χ4n) is 2.64. The van der Waals surface area contributed by atoms with Gasteiger partial charge in [-0.2, -0.15) is 27.2 Å². The molecular formula is C15H12F5N3O4. The molecule has 2 rings (SSSR count). The average Bonchev–Trinajstić information content (AvgIpc) is 3.02. The molecule has 1 aromatic carbocycles. The van der Waals surface area contributed by atoms with Gasteiger partial charge in [0.2, 0.25) is 0 Å². The van der Waals surface area contributed by atoms with E-state index in [1.54, 1.807) is 6.07 Å². The second kappa shape index (κ2) is 7.65. The normalized spacial score (nSPS) is 19.7. The fourth-order valence-corrected chi connectivity index (χ4v) is 2.64. The Morgan fingerprint density at radius 2 is 2.00 bits per heavy atom. The van der Waals surface area contributed by atoms with Crippen molar-refractivity contribution in [1.82, 2.24) is 4.90 Å². The number of ether oxygens (including phenoxy) is 1. The molecule has 146 valence electrons. The molecule has 12 heteroatoms. The van der Waals surface area contributed by atoms with Gasteiger partial charge in [0.25, 0.3) is 0 Å². The van der Waals surface area contributed by atoms with Crippen LogP contribution in [0.5, 0.6) is 5.75 Å². The second-order valence-corrected chi connectivity index (χ2v) is 5.63. The molecule has 0 unspecified atom stereocenters. The zero-order valence-electron chi connectivity index (χ0n) is 13.3. The monoisotopic (exact) mass is 393 g/mol. The third kappa shape index (κ3) is 4.75. The number of carboxylic acid groups (broad SMARTS) is 1. The van der Waals surface area contributed by atoms with Gasteiger partial charge in [0.05, 0.1) is 29.2 Å². The van der Waals surface area contributed by atoms with Crippen LogP contribution < -0.4 is 10.1 Å². The van der Waals surface area contributed by atoms with Gasteiger partial charge in [-0.3, -0.25) is 4.79 Å². The Bertz CT molecular complexity index is 778. The molecule has 0 spiro atoms. The summed E-state index contributed by atoms with van der Waals surface area (Å²) >= 11 is 0. The van der Waals surface area contributed by atoms with Crippen LogP contribution in [0.25, 0.3) is 0 Å². The van der Waals surface area contributed by atoms with Gasteiger partial charge in [0.15, 0.2) is 0 Å². The molecule has 27 heavy (non-hydrogen) atoms. The molecule has 7 nitrogen and oxygen atoms in total. The van der Waals surface area contributed by atoms with Crippen molar-refractivity contribution in [3.63, 3.8) is 0 Å². The van der Waals surface area contributed by atoms with Gasteiger partial charge in [0, 0.05) is 13.1 Å². The summed E-state index contributed by atoms with van der Waals surface area (Å²) in [5.74, 6) is -6.32. The van der Waals surface area contributed by atoms with Gasteiger partial charge in [0.1, 0.15) is 5.75 Å². The van der Waals surface area contributed by atoms with Gasteiger partial charge in [-0.25, -0.2) is 4.79 Å². The minimum atomic E-state index is -4.83. The zero-order chi connectivity index (χ0) is 20.4. The SMILES string of the molecule is N#Cc1ccc(OC(F)F)c(NC(=O)N2C[C@@H](C(F)(F)F)[C@H](C(=O)O)C2)c1. The van der Waals surface area contributed by atoms with Crippen LogP contribution >= 0.6 is 0 Å². The number of amides is 2. The highest BCUT2D eigenvalue weighted by Crippen LogP contribution is 2.38. The number of benzene rings is 1. The van der Waals surface area contributed by atoms with E-state index in [-0.39, 0.29) is 11.3 Å². The number of anilines is 1. The number of halogens is 5. The molecule has 0 bridgehead atoms. The van der Waals surface area contributed by atoms with Crippen LogP contribution in [-0.2, 0) is 4.79 Å². The molecule has 1 aliphatic rings. The van der Waals surface area contributed by atoms with E-state index in [4.69, 9.17) is 10.4 Å². The van der Waals surface area contributed by atoms with Crippen molar-refractivity contribution in [3.8, 4) is 11.8 Å². The molecule has 1 aromatic rings. The highest BCUT2D eigenvalue weighted by molar-refractivity contribution is 5.92. The Kier molecular flexibility index (Phi) is 5.72. The van der Waals surface area contributed by atoms with Crippen molar-refractivity contribution in [1.29, 1.82) is 5.26 Å². The molecule has 1 fully saturated rings. The van der Waals surface area contributed by atoms with Gasteiger partial charge in [-0.05, 0) is 18.2 Å². The molecule has 0 saturated carbocycles. The van der Waals surface area contributed by atoms with Crippen LogP contribution in [0.4, 0.5) is 32.4 Å². The lowest BCUT2D eigenvalue weighted by molar-refractivity contribution is -0.187. The summed E-state index contributed by atoms with van der Waals surface area (Å²) in [6.45, 7) is -4.87. The Labute approximate surface area is 148 Å². The first-order chi connectivity index (χ1) is 12.5. The van der Waals surface area contributed by atoms with Crippen molar-refractivity contribution in [2.24, 2.45) is 11.8 Å². The molecule has 2 amide bonds. The number of hydrogen-bond donors (Lipinski definition) is 2. The molecule has 2 N–H and O–H groups in total. The lowest BCUT2D eigenvalue weighted by Crippen LogP contribution is -2.35. The fraction of sp³-hybridized carbons (Fsp3) is 0.400. The lowest BCUT2D eigenvalue weighted by atomic mass is 9.96. The first kappa shape index (κ1) is 20.2. The van der Waals surface area contributed by atoms with Crippen LogP contribution in [0.1, 0.15) is 5.56 Å². The summed E-state index contributed by atoms with van der Waals surface area (Å²) in [6, 6.07) is 3.70. The van der Waals surface area contributed by atoms with Gasteiger partial charge < -0.3 is 20.1 Å². The number of nitriles is 1. The Hall–Kier alpha value is -3.10. The first-order valence-corrected chi connectivity index (χ1v) is 7.37. The Balaban J connectivity index is 2.22. The van der Waals surface area contributed by atoms with Crippen LogP contribution in [0.2, 0.25) is 0 Å². The standard InChI is InChI=1S/C15H12F5N3O4/c16-13(17)27-11-2-1-7(4-21)3-10(11)22-14(26)23-5-8(12(24)25)9(6-23)15(18,19)20/h1-3,8-9,13H,5-6H2,(H,22,26)(H,24,25)/t8-,9-/m1/s1. The van der Waals surface area contributed by atoms with E-state index < -0.39 is 55.5 Å². The van der Waals surface area contributed by atoms with Crippen molar-refractivity contribution < 1.29 is 41.4 Å². The number of carbonyl (C=O) groups excluding carboxylic acids is 1. The number of alkyl halides is 5. The van der Waals surface area contributed by atoms with E-state index in [0.29, 0.717) is 4.90 Å². The summed E-state index contributed by atoms with van der Waals surface area (Å²) in [7, 11) is 0. The summed E-state index contributed by atoms with van der Waals surface area (Å²) in [5.41, 5.74) is -0.383. The smallest absolute Gasteiger partial charge is 0.394 e. The Morgan fingerprint density at radius 1 is 1.33 bits per heavy atom. The third-order valence-corrected chi connectivity index (χ3v) is 3.91. The maximum Gasteiger partial charge on any atom is 0.394 e. The molecule has 1 heterocycles. The minimum Gasteiger partial charge on any atom is -0.481 e. The van der Waals surface area contributed by atoms with Crippen molar-refractivity contribution in [2.75, 3.05) is 18.4 Å². The van der Waals surface area contributed by atoms with E-state index in [2.05, 4.69) is 10.1 Å². The minimum absolute atomic E-state index is 0.0232. The van der Waals surface area contributed by atoms with Crippen LogP contribution in [0.3, 0.4) is 0 Å². The molecule has 0 radical (unpaired) electrons. The predicted octanol–water partition coefficient (Wildman–Crippen LogP) is 2.89. The highest BCUT2D eigenvalue weighted by atomic mass is 19.4. The number of nitrogens with one attached hydrogen (secondary N) is 1. The summed E-state index contributed by atoms with van der Waals surface area (Å²) in [6.07, 6.45) is -4.83. The van der Waals surface area contributed by atoms with Gasteiger partial charge in [-0.1, -0.05) is 0 Å². The quantitative estimate of drug-likeness (QED) is 0.766. The number of rotatable bonds is 4. The number of hydrogen-bond acceptors (Lipinski definition) is 4. The first-order valence-electron chi connectivity index (χ1n) is 7.37. The summed E-state index contributed by atoms with van der Waals surface area (Å²) in [4.78, 5) is 23.9. The number of urea groups is 1. The third-order valence-electron chi connectivity index (χ3n) is 3.91. The van der Waals surface area contributed by atoms with E-state index >= 15 is 0 Å². The zero-order valence-corrected chi connectivity index (χ0v) is 13.3. The van der Waals surface area contributed by atoms with Crippen molar-refractivity contribution in [2.45, 2.75) is 12.8 Å². The largest absolute Gasteiger partial charge is 0.481 e. The van der Waals surface area contributed by atoms with Crippen LogP contribution in [0, 0.1) is 23.2 Å². The van der Waals surface area contributed by atoms with E-state index in [1.165, 1.54) is 0 Å². The summed E-state index contributed by atoms with van der Waals surface area (Å²) in [5, 5.41) is 19.9. The molecular weight excluding hydrogens is 381 g/mol.